The van der Waals surface area contributed by atoms with Gasteiger partial charge in [0.1, 0.15) is 29.8 Å². The highest BCUT2D eigenvalue weighted by Crippen LogP contribution is 2.33. The van der Waals surface area contributed by atoms with Crippen molar-refractivity contribution in [1.82, 2.24) is 35.0 Å². The van der Waals surface area contributed by atoms with Gasteiger partial charge in [-0.15, -0.1) is 0 Å². The monoisotopic (exact) mass is 424 g/mol. The highest BCUT2D eigenvalue weighted by atomic mass is 35.5. The summed E-state index contributed by atoms with van der Waals surface area (Å²) in [5.41, 5.74) is 8.39. The number of benzene rings is 1. The maximum Gasteiger partial charge on any atom is 0.165 e. The van der Waals surface area contributed by atoms with Crippen molar-refractivity contribution in [2.24, 2.45) is 0 Å². The lowest BCUT2D eigenvalue weighted by Crippen LogP contribution is -2.45. The molecule has 1 atom stereocenters. The van der Waals surface area contributed by atoms with Gasteiger partial charge in [0, 0.05) is 37.2 Å². The number of hydrogen-bond donors (Lipinski definition) is 2. The minimum Gasteiger partial charge on any atom is -0.495 e. The number of imidazole rings is 1. The summed E-state index contributed by atoms with van der Waals surface area (Å²) in [7, 11) is 1.61. The van der Waals surface area contributed by atoms with Crippen LogP contribution in [0, 0.1) is 0 Å². The largest absolute Gasteiger partial charge is 0.495 e. The molecule has 10 nitrogen and oxygen atoms in total. The fraction of sp³-hybridized carbons (Fsp3) is 0.263. The van der Waals surface area contributed by atoms with E-state index in [0.717, 1.165) is 12.2 Å². The van der Waals surface area contributed by atoms with E-state index in [-0.39, 0.29) is 6.17 Å². The number of nitrogen functional groups attached to an aromatic ring is 1. The highest BCUT2D eigenvalue weighted by molar-refractivity contribution is 6.32. The topological polar surface area (TPSA) is 125 Å². The number of fused-ring (bicyclic) bond motifs is 1. The van der Waals surface area contributed by atoms with Crippen LogP contribution in [0.4, 0.5) is 11.5 Å². The molecule has 153 valence electrons. The highest BCUT2D eigenvalue weighted by Gasteiger charge is 2.28. The Bertz CT molecular complexity index is 1190. The van der Waals surface area contributed by atoms with Crippen LogP contribution < -0.4 is 20.7 Å². The van der Waals surface area contributed by atoms with E-state index in [4.69, 9.17) is 32.5 Å². The Morgan fingerprint density at radius 1 is 1.27 bits per heavy atom. The molecule has 30 heavy (non-hydrogen) atoms. The molecule has 3 N–H and O–H groups in total. The van der Waals surface area contributed by atoms with Crippen LogP contribution in [0.3, 0.4) is 0 Å². The number of methoxy groups -OCH3 is 1. The average molecular weight is 425 g/mol. The number of halogens is 1. The molecular formula is C19H19ClN9O. The van der Waals surface area contributed by atoms with Gasteiger partial charge >= 0.3 is 0 Å². The summed E-state index contributed by atoms with van der Waals surface area (Å²) < 4.78 is 7.16. The first-order valence-corrected chi connectivity index (χ1v) is 9.77. The molecule has 1 saturated heterocycles. The lowest BCUT2D eigenvalue weighted by Gasteiger charge is -2.34. The van der Waals surface area contributed by atoms with Crippen LogP contribution in [0.1, 0.15) is 6.17 Å². The first kappa shape index (κ1) is 18.6. The predicted molar refractivity (Wildman–Crippen MR) is 114 cm³/mol. The van der Waals surface area contributed by atoms with E-state index < -0.39 is 0 Å². The lowest BCUT2D eigenvalue weighted by molar-refractivity contribution is 0.340. The van der Waals surface area contributed by atoms with E-state index in [1.54, 1.807) is 24.2 Å². The predicted octanol–water partition coefficient (Wildman–Crippen LogP) is 2.08. The van der Waals surface area contributed by atoms with Gasteiger partial charge in [-0.05, 0) is 12.1 Å². The smallest absolute Gasteiger partial charge is 0.165 e. The molecule has 0 amide bonds. The van der Waals surface area contributed by atoms with Crippen molar-refractivity contribution in [3.63, 3.8) is 0 Å². The van der Waals surface area contributed by atoms with Gasteiger partial charge in [0.15, 0.2) is 11.5 Å². The van der Waals surface area contributed by atoms with Crippen molar-refractivity contribution >= 4 is 34.1 Å². The summed E-state index contributed by atoms with van der Waals surface area (Å²) in [5, 5.41) is 10.8. The Morgan fingerprint density at radius 3 is 2.97 bits per heavy atom. The fourth-order valence-electron chi connectivity index (χ4n) is 3.67. The van der Waals surface area contributed by atoms with Crippen LogP contribution in [0.2, 0.25) is 5.02 Å². The molecule has 1 aliphatic rings. The van der Waals surface area contributed by atoms with Crippen molar-refractivity contribution in [2.75, 3.05) is 37.4 Å². The molecule has 1 aromatic carbocycles. The van der Waals surface area contributed by atoms with Gasteiger partial charge in [-0.1, -0.05) is 11.6 Å². The summed E-state index contributed by atoms with van der Waals surface area (Å²) in [6.07, 6.45) is 4.59. The van der Waals surface area contributed by atoms with E-state index in [9.17, 15) is 0 Å². The van der Waals surface area contributed by atoms with Crippen molar-refractivity contribution in [2.45, 2.75) is 6.17 Å². The molecule has 1 aliphatic heterocycles. The number of nitrogens with two attached hydrogens (primary N) is 1. The zero-order valence-electron chi connectivity index (χ0n) is 16.2. The summed E-state index contributed by atoms with van der Waals surface area (Å²) >= 11 is 6.18. The van der Waals surface area contributed by atoms with Gasteiger partial charge < -0.3 is 20.4 Å². The van der Waals surface area contributed by atoms with Gasteiger partial charge in [-0.2, -0.15) is 5.10 Å². The molecule has 4 heterocycles. The van der Waals surface area contributed by atoms with E-state index in [1.807, 2.05) is 18.2 Å². The number of rotatable bonds is 4. The molecule has 5 rings (SSSR count). The molecule has 3 aromatic heterocycles. The molecule has 1 fully saturated rings. The number of anilines is 2. The van der Waals surface area contributed by atoms with Gasteiger partial charge in [0.2, 0.25) is 0 Å². The second-order valence-electron chi connectivity index (χ2n) is 6.84. The molecule has 4 aromatic rings. The molecule has 0 saturated carbocycles. The maximum absolute atomic E-state index is 6.18. The quantitative estimate of drug-likeness (QED) is 0.513. The number of aromatic nitrogens is 6. The zero-order valence-corrected chi connectivity index (χ0v) is 16.9. The van der Waals surface area contributed by atoms with Crippen LogP contribution >= 0.6 is 11.6 Å². The third-order valence-electron chi connectivity index (χ3n) is 5.12. The lowest BCUT2D eigenvalue weighted by atomic mass is 10.2. The molecule has 1 unspecified atom stereocenters. The number of H-pyrrole nitrogens is 1. The van der Waals surface area contributed by atoms with Crippen molar-refractivity contribution in [3.05, 3.63) is 41.9 Å². The third kappa shape index (κ3) is 3.10. The molecule has 0 spiro atoms. The Morgan fingerprint density at radius 2 is 2.17 bits per heavy atom. The second-order valence-corrected chi connectivity index (χ2v) is 7.25. The standard InChI is InChI=1S/C19H19ClN9O/c1-30-13-8-11(2-3-12(13)20)28-7-6-22-14(9-28)29-19-15(17(21)25-10-26-19)16(27-29)18-23-4-5-24-18/h2-5,8,10,14H,6-7,9H2,1H3,(H,23,24)(H2,21,25,26). The number of hydrogen-bond acceptors (Lipinski definition) is 7. The van der Waals surface area contributed by atoms with Crippen LogP contribution in [0.5, 0.6) is 5.75 Å². The van der Waals surface area contributed by atoms with Crippen molar-refractivity contribution in [3.8, 4) is 17.3 Å². The SMILES string of the molecule is COc1cc(N2CC[N]C(n3nc(-c4ncc[nH]4)c4c(N)ncnc43)C2)ccc1Cl. The Kier molecular flexibility index (Phi) is 4.64. The van der Waals surface area contributed by atoms with Crippen molar-refractivity contribution in [1.29, 1.82) is 0 Å². The first-order chi connectivity index (χ1) is 14.7. The molecule has 11 heteroatoms. The third-order valence-corrected chi connectivity index (χ3v) is 5.43. The van der Waals surface area contributed by atoms with Gasteiger partial charge in [0.05, 0.1) is 24.1 Å². The van der Waals surface area contributed by atoms with E-state index >= 15 is 0 Å². The number of piperazine rings is 1. The number of nitrogens with one attached hydrogen (secondary N) is 1. The minimum atomic E-state index is -0.249. The summed E-state index contributed by atoms with van der Waals surface area (Å²) in [6.45, 7) is 2.04. The van der Waals surface area contributed by atoms with E-state index in [0.29, 0.717) is 52.2 Å². The van der Waals surface area contributed by atoms with E-state index in [1.165, 1.54) is 6.33 Å². The number of aromatic amines is 1. The maximum atomic E-state index is 6.18. The molecular weight excluding hydrogens is 406 g/mol. The van der Waals surface area contributed by atoms with Gasteiger partial charge in [-0.3, -0.25) is 0 Å². The Hall–Kier alpha value is -3.37. The zero-order chi connectivity index (χ0) is 20.7. The first-order valence-electron chi connectivity index (χ1n) is 9.39. The second kappa shape index (κ2) is 7.47. The summed E-state index contributed by atoms with van der Waals surface area (Å²) in [4.78, 5) is 18.2. The summed E-state index contributed by atoms with van der Waals surface area (Å²) in [5.74, 6) is 1.60. The van der Waals surface area contributed by atoms with Crippen LogP contribution in [0.15, 0.2) is 36.9 Å². The number of ether oxygens (including phenoxy) is 1. The normalized spacial score (nSPS) is 16.9. The molecule has 0 bridgehead atoms. The number of nitrogens with zero attached hydrogens (tertiary/aromatic N) is 7. The minimum absolute atomic E-state index is 0.249. The molecule has 0 aliphatic carbocycles. The van der Waals surface area contributed by atoms with Crippen LogP contribution in [-0.4, -0.2) is 56.5 Å². The van der Waals surface area contributed by atoms with Gasteiger partial charge in [-0.25, -0.2) is 25.0 Å². The average Bonchev–Trinajstić information content (AvgIpc) is 3.43. The Balaban J connectivity index is 1.54. The van der Waals surface area contributed by atoms with Gasteiger partial charge in [0.25, 0.3) is 0 Å². The molecule has 1 radical (unpaired) electrons. The summed E-state index contributed by atoms with van der Waals surface area (Å²) in [6, 6.07) is 5.74. The van der Waals surface area contributed by atoms with Crippen LogP contribution in [-0.2, 0) is 0 Å². The Labute approximate surface area is 177 Å². The van der Waals surface area contributed by atoms with Crippen molar-refractivity contribution < 1.29 is 4.74 Å². The van der Waals surface area contributed by atoms with Crippen LogP contribution in [0.25, 0.3) is 22.6 Å². The fourth-order valence-corrected chi connectivity index (χ4v) is 3.87. The van der Waals surface area contributed by atoms with E-state index in [2.05, 4.69) is 24.8 Å².